The SMILES string of the molecule is Cl.NCC(=O)c1ccc(OCc2ccccc2)cc1. The van der Waals surface area contributed by atoms with Crippen molar-refractivity contribution < 1.29 is 9.53 Å². The van der Waals surface area contributed by atoms with E-state index in [0.29, 0.717) is 12.2 Å². The van der Waals surface area contributed by atoms with Gasteiger partial charge in [0.1, 0.15) is 12.4 Å². The summed E-state index contributed by atoms with van der Waals surface area (Å²) in [7, 11) is 0. The van der Waals surface area contributed by atoms with Crippen LogP contribution in [-0.4, -0.2) is 12.3 Å². The summed E-state index contributed by atoms with van der Waals surface area (Å²) in [6.45, 7) is 0.551. The molecule has 0 saturated carbocycles. The first-order valence-electron chi connectivity index (χ1n) is 5.79. The Kier molecular flexibility index (Phi) is 6.06. The number of ketones is 1. The van der Waals surface area contributed by atoms with Crippen LogP contribution in [0.4, 0.5) is 0 Å². The second kappa shape index (κ2) is 7.56. The van der Waals surface area contributed by atoms with Gasteiger partial charge in [-0.05, 0) is 29.8 Å². The first-order chi connectivity index (χ1) is 8.79. The molecule has 0 spiro atoms. The number of ether oxygens (including phenoxy) is 1. The summed E-state index contributed by atoms with van der Waals surface area (Å²) in [6, 6.07) is 17.0. The van der Waals surface area contributed by atoms with Gasteiger partial charge >= 0.3 is 0 Å². The first kappa shape index (κ1) is 15.2. The van der Waals surface area contributed by atoms with Crippen molar-refractivity contribution >= 4 is 18.2 Å². The third kappa shape index (κ3) is 4.39. The molecule has 2 rings (SSSR count). The molecule has 2 aromatic rings. The molecule has 2 aromatic carbocycles. The molecule has 0 fully saturated rings. The van der Waals surface area contributed by atoms with Gasteiger partial charge in [0.05, 0.1) is 6.54 Å². The van der Waals surface area contributed by atoms with Crippen LogP contribution in [0.1, 0.15) is 15.9 Å². The Morgan fingerprint density at radius 2 is 1.63 bits per heavy atom. The largest absolute Gasteiger partial charge is 0.489 e. The van der Waals surface area contributed by atoms with Crippen LogP contribution in [0.5, 0.6) is 5.75 Å². The lowest BCUT2D eigenvalue weighted by Crippen LogP contribution is -2.13. The Labute approximate surface area is 118 Å². The molecule has 0 bridgehead atoms. The zero-order chi connectivity index (χ0) is 12.8. The van der Waals surface area contributed by atoms with Crippen molar-refractivity contribution in [2.45, 2.75) is 6.61 Å². The van der Waals surface area contributed by atoms with Gasteiger partial charge in [0.15, 0.2) is 5.78 Å². The lowest BCUT2D eigenvalue weighted by Gasteiger charge is -2.06. The molecule has 0 radical (unpaired) electrons. The molecule has 0 unspecified atom stereocenters. The summed E-state index contributed by atoms with van der Waals surface area (Å²) in [6.07, 6.45) is 0. The number of hydrogen-bond donors (Lipinski definition) is 1. The van der Waals surface area contributed by atoms with Crippen molar-refractivity contribution in [3.8, 4) is 5.75 Å². The number of carbonyl (C=O) groups excluding carboxylic acids is 1. The topological polar surface area (TPSA) is 52.3 Å². The van der Waals surface area contributed by atoms with Crippen LogP contribution in [0, 0.1) is 0 Å². The maximum atomic E-state index is 11.3. The smallest absolute Gasteiger partial charge is 0.176 e. The Hall–Kier alpha value is -1.84. The van der Waals surface area contributed by atoms with E-state index < -0.39 is 0 Å². The van der Waals surface area contributed by atoms with E-state index in [1.54, 1.807) is 24.3 Å². The summed E-state index contributed by atoms with van der Waals surface area (Å²) in [5.74, 6) is 0.678. The number of rotatable bonds is 5. The highest BCUT2D eigenvalue weighted by atomic mass is 35.5. The Balaban J connectivity index is 0.00000180. The number of Topliss-reactive ketones (excluding diaryl/α,β-unsaturated/α-hetero) is 1. The van der Waals surface area contributed by atoms with Crippen LogP contribution in [0.2, 0.25) is 0 Å². The number of benzene rings is 2. The van der Waals surface area contributed by atoms with E-state index in [1.807, 2.05) is 30.3 Å². The van der Waals surface area contributed by atoms with Gasteiger partial charge in [0, 0.05) is 5.56 Å². The van der Waals surface area contributed by atoms with Crippen molar-refractivity contribution in [1.82, 2.24) is 0 Å². The lowest BCUT2D eigenvalue weighted by molar-refractivity contribution is 0.100. The van der Waals surface area contributed by atoms with Crippen molar-refractivity contribution in [2.24, 2.45) is 5.73 Å². The third-order valence-electron chi connectivity index (χ3n) is 2.61. The fourth-order valence-corrected chi connectivity index (χ4v) is 1.60. The third-order valence-corrected chi connectivity index (χ3v) is 2.61. The van der Waals surface area contributed by atoms with Crippen LogP contribution in [0.25, 0.3) is 0 Å². The van der Waals surface area contributed by atoms with Gasteiger partial charge in [-0.2, -0.15) is 0 Å². The van der Waals surface area contributed by atoms with E-state index in [9.17, 15) is 4.79 Å². The average Bonchev–Trinajstić information content (AvgIpc) is 2.46. The summed E-state index contributed by atoms with van der Waals surface area (Å²) in [5.41, 5.74) is 7.02. The number of halogens is 1. The quantitative estimate of drug-likeness (QED) is 0.855. The standard InChI is InChI=1S/C15H15NO2.ClH/c16-10-15(17)13-6-8-14(9-7-13)18-11-12-4-2-1-3-5-12;/h1-9H,10-11,16H2;1H. The molecule has 0 amide bonds. The molecular weight excluding hydrogens is 262 g/mol. The van der Waals surface area contributed by atoms with Crippen LogP contribution in [0.15, 0.2) is 54.6 Å². The van der Waals surface area contributed by atoms with Crippen molar-refractivity contribution in [3.63, 3.8) is 0 Å². The molecule has 0 aliphatic carbocycles. The highest BCUT2D eigenvalue weighted by Crippen LogP contribution is 2.14. The maximum Gasteiger partial charge on any atom is 0.176 e. The first-order valence-corrected chi connectivity index (χ1v) is 5.79. The minimum Gasteiger partial charge on any atom is -0.489 e. The summed E-state index contributed by atoms with van der Waals surface area (Å²) in [5, 5.41) is 0. The molecule has 0 aliphatic rings. The van der Waals surface area contributed by atoms with Gasteiger partial charge in [-0.25, -0.2) is 0 Å². The zero-order valence-electron chi connectivity index (χ0n) is 10.4. The van der Waals surface area contributed by atoms with Crippen molar-refractivity contribution in [1.29, 1.82) is 0 Å². The number of carbonyl (C=O) groups is 1. The van der Waals surface area contributed by atoms with Crippen molar-refractivity contribution in [2.75, 3.05) is 6.54 Å². The molecule has 3 nitrogen and oxygen atoms in total. The van der Waals surface area contributed by atoms with Gasteiger partial charge in [0.2, 0.25) is 0 Å². The summed E-state index contributed by atoms with van der Waals surface area (Å²) < 4.78 is 5.62. The fourth-order valence-electron chi connectivity index (χ4n) is 1.60. The molecule has 19 heavy (non-hydrogen) atoms. The van der Waals surface area contributed by atoms with E-state index in [2.05, 4.69) is 0 Å². The van der Waals surface area contributed by atoms with E-state index >= 15 is 0 Å². The monoisotopic (exact) mass is 277 g/mol. The Morgan fingerprint density at radius 1 is 1.00 bits per heavy atom. The van der Waals surface area contributed by atoms with Gasteiger partial charge in [0.25, 0.3) is 0 Å². The van der Waals surface area contributed by atoms with Gasteiger partial charge < -0.3 is 10.5 Å². The van der Waals surface area contributed by atoms with Gasteiger partial charge in [-0.1, -0.05) is 30.3 Å². The molecule has 0 saturated heterocycles. The van der Waals surface area contributed by atoms with E-state index in [4.69, 9.17) is 10.5 Å². The maximum absolute atomic E-state index is 11.3. The normalized spacial score (nSPS) is 9.53. The van der Waals surface area contributed by atoms with Crippen LogP contribution in [-0.2, 0) is 6.61 Å². The second-order valence-corrected chi connectivity index (χ2v) is 3.93. The van der Waals surface area contributed by atoms with E-state index in [1.165, 1.54) is 0 Å². The van der Waals surface area contributed by atoms with Gasteiger partial charge in [-0.3, -0.25) is 4.79 Å². The highest BCUT2D eigenvalue weighted by Gasteiger charge is 2.03. The molecule has 100 valence electrons. The Morgan fingerprint density at radius 3 is 2.21 bits per heavy atom. The molecule has 4 heteroatoms. The van der Waals surface area contributed by atoms with Crippen LogP contribution in [0.3, 0.4) is 0 Å². The summed E-state index contributed by atoms with van der Waals surface area (Å²) in [4.78, 5) is 11.3. The minimum absolute atomic E-state index is 0. The van der Waals surface area contributed by atoms with Crippen LogP contribution >= 0.6 is 12.4 Å². The zero-order valence-corrected chi connectivity index (χ0v) is 11.2. The number of hydrogen-bond acceptors (Lipinski definition) is 3. The van der Waals surface area contributed by atoms with Gasteiger partial charge in [-0.15, -0.1) is 12.4 Å². The molecular formula is C15H16ClNO2. The predicted octanol–water partition coefficient (Wildman–Crippen LogP) is 2.83. The molecule has 0 heterocycles. The minimum atomic E-state index is -0.0652. The summed E-state index contributed by atoms with van der Waals surface area (Å²) >= 11 is 0. The molecule has 0 aliphatic heterocycles. The lowest BCUT2D eigenvalue weighted by atomic mass is 10.1. The van der Waals surface area contributed by atoms with E-state index in [-0.39, 0.29) is 24.7 Å². The second-order valence-electron chi connectivity index (χ2n) is 3.93. The highest BCUT2D eigenvalue weighted by molar-refractivity contribution is 5.97. The van der Waals surface area contributed by atoms with Crippen LogP contribution < -0.4 is 10.5 Å². The molecule has 2 N–H and O–H groups in total. The molecule has 0 atom stereocenters. The van der Waals surface area contributed by atoms with E-state index in [0.717, 1.165) is 11.3 Å². The number of nitrogens with two attached hydrogens (primary N) is 1. The fraction of sp³-hybridized carbons (Fsp3) is 0.133. The average molecular weight is 278 g/mol. The Bertz CT molecular complexity index is 511. The van der Waals surface area contributed by atoms with Crippen molar-refractivity contribution in [3.05, 3.63) is 65.7 Å². The predicted molar refractivity (Wildman–Crippen MR) is 77.8 cm³/mol. The molecule has 0 aromatic heterocycles.